The van der Waals surface area contributed by atoms with Gasteiger partial charge in [-0.1, -0.05) is 12.1 Å². The van der Waals surface area contributed by atoms with Gasteiger partial charge in [0.15, 0.2) is 0 Å². The van der Waals surface area contributed by atoms with Crippen molar-refractivity contribution in [2.75, 3.05) is 25.5 Å². The lowest BCUT2D eigenvalue weighted by Gasteiger charge is -2.18. The predicted octanol–water partition coefficient (Wildman–Crippen LogP) is 2.17. The van der Waals surface area contributed by atoms with E-state index in [0.717, 1.165) is 0 Å². The largest absolute Gasteiger partial charge is 0.392 e. The van der Waals surface area contributed by atoms with E-state index < -0.39 is 0 Å². The third-order valence-corrected chi connectivity index (χ3v) is 3.71. The topological polar surface area (TPSA) is 35.5 Å². The normalized spacial score (nSPS) is 18.4. The van der Waals surface area contributed by atoms with Crippen LogP contribution in [0.25, 0.3) is 0 Å². The number of benzene rings is 1. The van der Waals surface area contributed by atoms with Crippen LogP contribution in [0.5, 0.6) is 0 Å². The van der Waals surface area contributed by atoms with Gasteiger partial charge in [-0.25, -0.2) is 0 Å². The van der Waals surface area contributed by atoms with Crippen LogP contribution in [0, 0.1) is 5.92 Å². The first-order valence-corrected chi connectivity index (χ1v) is 6.76. The first-order chi connectivity index (χ1) is 8.58. The molecule has 0 heterocycles. The van der Waals surface area contributed by atoms with Gasteiger partial charge in [0.05, 0.1) is 6.10 Å². The highest BCUT2D eigenvalue weighted by Gasteiger charge is 2.29. The van der Waals surface area contributed by atoms with Crippen LogP contribution in [0.3, 0.4) is 0 Å². The molecule has 0 aliphatic heterocycles. The van der Waals surface area contributed by atoms with Gasteiger partial charge in [0.25, 0.3) is 0 Å². The van der Waals surface area contributed by atoms with E-state index in [2.05, 4.69) is 41.4 Å². The maximum absolute atomic E-state index is 9.83. The average Bonchev–Trinajstić information content (AvgIpc) is 3.20. The SMILES string of the molecule is CC(NCC(O)C1CC1)c1ccc(N(C)C)cc1. The highest BCUT2D eigenvalue weighted by Crippen LogP contribution is 2.32. The van der Waals surface area contributed by atoms with Crippen LogP contribution in [0.2, 0.25) is 0 Å². The second kappa shape index (κ2) is 5.72. The van der Waals surface area contributed by atoms with Gasteiger partial charge in [-0.15, -0.1) is 0 Å². The quantitative estimate of drug-likeness (QED) is 0.810. The van der Waals surface area contributed by atoms with Gasteiger partial charge in [-0.3, -0.25) is 0 Å². The van der Waals surface area contributed by atoms with E-state index in [1.165, 1.54) is 24.1 Å². The molecule has 1 aromatic carbocycles. The summed E-state index contributed by atoms with van der Waals surface area (Å²) in [5.41, 5.74) is 2.48. The van der Waals surface area contributed by atoms with E-state index in [0.29, 0.717) is 12.5 Å². The Labute approximate surface area is 110 Å². The molecule has 0 saturated heterocycles. The van der Waals surface area contributed by atoms with Gasteiger partial charge in [0.2, 0.25) is 0 Å². The molecule has 2 unspecified atom stereocenters. The van der Waals surface area contributed by atoms with Crippen molar-refractivity contribution in [1.82, 2.24) is 5.32 Å². The van der Waals surface area contributed by atoms with Gasteiger partial charge in [0.1, 0.15) is 0 Å². The lowest BCUT2D eigenvalue weighted by Crippen LogP contribution is -2.30. The number of hydrogen-bond acceptors (Lipinski definition) is 3. The van der Waals surface area contributed by atoms with Crippen LogP contribution < -0.4 is 10.2 Å². The minimum absolute atomic E-state index is 0.173. The summed E-state index contributed by atoms with van der Waals surface area (Å²) in [6.07, 6.45) is 2.21. The van der Waals surface area contributed by atoms with Crippen molar-refractivity contribution < 1.29 is 5.11 Å². The molecule has 0 amide bonds. The zero-order valence-electron chi connectivity index (χ0n) is 11.6. The van der Waals surface area contributed by atoms with E-state index in [1.807, 2.05) is 14.1 Å². The maximum atomic E-state index is 9.83. The van der Waals surface area contributed by atoms with E-state index >= 15 is 0 Å². The summed E-state index contributed by atoms with van der Waals surface area (Å²) in [7, 11) is 4.09. The number of aliphatic hydroxyl groups excluding tert-OH is 1. The number of nitrogens with zero attached hydrogens (tertiary/aromatic N) is 1. The summed E-state index contributed by atoms with van der Waals surface area (Å²) in [5, 5.41) is 13.2. The molecule has 2 rings (SSSR count). The van der Waals surface area contributed by atoms with Crippen molar-refractivity contribution in [2.45, 2.75) is 31.9 Å². The summed E-state index contributed by atoms with van der Waals surface area (Å²) in [5.74, 6) is 0.542. The minimum Gasteiger partial charge on any atom is -0.392 e. The molecule has 0 spiro atoms. The molecule has 1 aliphatic rings. The van der Waals surface area contributed by atoms with Crippen LogP contribution in [-0.2, 0) is 0 Å². The summed E-state index contributed by atoms with van der Waals surface area (Å²) in [4.78, 5) is 2.10. The lowest BCUT2D eigenvalue weighted by atomic mass is 10.1. The third-order valence-electron chi connectivity index (χ3n) is 3.71. The van der Waals surface area contributed by atoms with Gasteiger partial charge in [0, 0.05) is 32.4 Å². The molecule has 0 bridgehead atoms. The number of anilines is 1. The van der Waals surface area contributed by atoms with Crippen LogP contribution in [0.1, 0.15) is 31.4 Å². The molecule has 1 fully saturated rings. The summed E-state index contributed by atoms with van der Waals surface area (Å²) in [6.45, 7) is 2.84. The Bertz CT molecular complexity index is 371. The van der Waals surface area contributed by atoms with E-state index in [-0.39, 0.29) is 12.1 Å². The maximum Gasteiger partial charge on any atom is 0.0692 e. The molecule has 3 nitrogen and oxygen atoms in total. The van der Waals surface area contributed by atoms with Gasteiger partial charge in [-0.2, -0.15) is 0 Å². The summed E-state index contributed by atoms with van der Waals surface area (Å²) >= 11 is 0. The molecule has 0 radical (unpaired) electrons. The Morgan fingerprint density at radius 2 is 1.89 bits per heavy atom. The third kappa shape index (κ3) is 3.47. The van der Waals surface area contributed by atoms with E-state index in [4.69, 9.17) is 0 Å². The zero-order chi connectivity index (χ0) is 13.1. The zero-order valence-corrected chi connectivity index (χ0v) is 11.6. The molecule has 3 heteroatoms. The van der Waals surface area contributed by atoms with Crippen molar-refractivity contribution in [3.05, 3.63) is 29.8 Å². The fourth-order valence-corrected chi connectivity index (χ4v) is 2.12. The lowest BCUT2D eigenvalue weighted by molar-refractivity contribution is 0.145. The Balaban J connectivity index is 1.85. The molecule has 2 N–H and O–H groups in total. The minimum atomic E-state index is -0.173. The molecule has 1 aromatic rings. The molecule has 1 aliphatic carbocycles. The predicted molar refractivity (Wildman–Crippen MR) is 75.9 cm³/mol. The Morgan fingerprint density at radius 3 is 2.39 bits per heavy atom. The summed E-state index contributed by atoms with van der Waals surface area (Å²) < 4.78 is 0. The standard InChI is InChI=1S/C15H24N2O/c1-11(16-10-15(18)13-4-5-13)12-6-8-14(9-7-12)17(2)3/h6-9,11,13,15-16,18H,4-5,10H2,1-3H3. The fourth-order valence-electron chi connectivity index (χ4n) is 2.12. The van der Waals surface area contributed by atoms with Crippen molar-refractivity contribution in [1.29, 1.82) is 0 Å². The average molecular weight is 248 g/mol. The monoisotopic (exact) mass is 248 g/mol. The summed E-state index contributed by atoms with van der Waals surface area (Å²) in [6, 6.07) is 8.84. The highest BCUT2D eigenvalue weighted by atomic mass is 16.3. The first kappa shape index (κ1) is 13.4. The highest BCUT2D eigenvalue weighted by molar-refractivity contribution is 5.46. The molecule has 18 heavy (non-hydrogen) atoms. The number of nitrogens with one attached hydrogen (secondary N) is 1. The number of rotatable bonds is 6. The van der Waals surface area contributed by atoms with Crippen LogP contribution in [0.4, 0.5) is 5.69 Å². The van der Waals surface area contributed by atoms with E-state index in [9.17, 15) is 5.11 Å². The Kier molecular flexibility index (Phi) is 4.25. The fraction of sp³-hybridized carbons (Fsp3) is 0.600. The first-order valence-electron chi connectivity index (χ1n) is 6.76. The van der Waals surface area contributed by atoms with Crippen molar-refractivity contribution >= 4 is 5.69 Å². The van der Waals surface area contributed by atoms with Crippen molar-refractivity contribution in [3.63, 3.8) is 0 Å². The van der Waals surface area contributed by atoms with Crippen molar-refractivity contribution in [3.8, 4) is 0 Å². The molecular formula is C15H24N2O. The smallest absolute Gasteiger partial charge is 0.0692 e. The Morgan fingerprint density at radius 1 is 1.28 bits per heavy atom. The van der Waals surface area contributed by atoms with Crippen LogP contribution in [-0.4, -0.2) is 31.9 Å². The van der Waals surface area contributed by atoms with Crippen molar-refractivity contribution in [2.24, 2.45) is 5.92 Å². The van der Waals surface area contributed by atoms with Crippen LogP contribution >= 0.6 is 0 Å². The molecule has 0 aromatic heterocycles. The molecule has 1 saturated carbocycles. The van der Waals surface area contributed by atoms with Gasteiger partial charge in [-0.05, 0) is 43.4 Å². The number of aliphatic hydroxyl groups is 1. The number of hydrogen-bond donors (Lipinski definition) is 2. The van der Waals surface area contributed by atoms with Gasteiger partial charge < -0.3 is 15.3 Å². The molecule has 100 valence electrons. The second-order valence-corrected chi connectivity index (χ2v) is 5.52. The molecule has 2 atom stereocenters. The second-order valence-electron chi connectivity index (χ2n) is 5.52. The van der Waals surface area contributed by atoms with E-state index in [1.54, 1.807) is 0 Å². The van der Waals surface area contributed by atoms with Crippen LogP contribution in [0.15, 0.2) is 24.3 Å². The van der Waals surface area contributed by atoms with Gasteiger partial charge >= 0.3 is 0 Å². The Hall–Kier alpha value is -1.06. The molecular weight excluding hydrogens is 224 g/mol.